The molecule has 0 bridgehead atoms. The van der Waals surface area contributed by atoms with E-state index in [1.165, 1.54) is 16.9 Å². The van der Waals surface area contributed by atoms with Crippen LogP contribution in [0.4, 0.5) is 8.78 Å². The monoisotopic (exact) mass is 475 g/mol. The Balaban J connectivity index is 1.67. The van der Waals surface area contributed by atoms with Gasteiger partial charge in [-0.2, -0.15) is 0 Å². The van der Waals surface area contributed by atoms with Gasteiger partial charge in [0, 0.05) is 45.5 Å². The predicted molar refractivity (Wildman–Crippen MR) is 120 cm³/mol. The number of rotatable bonds is 7. The number of amides is 1. The molecule has 182 valence electrons. The van der Waals surface area contributed by atoms with Crippen molar-refractivity contribution in [3.05, 3.63) is 63.1 Å². The standard InChI is InChI=1S/C24H27F2N3O5/c1-3-27-20-10-14(13-34-2)8-9-28(20)29-12-17(22(31)23(32)21(29)24(27)33)19(30)7-5-15-4-6-16(25)11-18(15)26/h4,6,11-12,14,20,32H,3,5,7-10,13H2,1-2H3/t14-,20-/m0/s1. The molecule has 3 heterocycles. The van der Waals surface area contributed by atoms with E-state index in [9.17, 15) is 28.3 Å². The number of pyridine rings is 1. The number of benzene rings is 1. The molecule has 2 atom stereocenters. The molecule has 1 aromatic heterocycles. The van der Waals surface area contributed by atoms with Gasteiger partial charge in [0.2, 0.25) is 5.43 Å². The molecule has 0 aliphatic carbocycles. The second kappa shape index (κ2) is 9.54. The third-order valence-corrected chi connectivity index (χ3v) is 6.60. The lowest BCUT2D eigenvalue weighted by molar-refractivity contribution is 0.0406. The molecule has 2 aromatic rings. The van der Waals surface area contributed by atoms with Crippen LogP contribution in [0.3, 0.4) is 0 Å². The Kier molecular flexibility index (Phi) is 6.70. The van der Waals surface area contributed by atoms with E-state index >= 15 is 0 Å². The molecule has 10 heteroatoms. The van der Waals surface area contributed by atoms with Crippen molar-refractivity contribution in [2.24, 2.45) is 5.92 Å². The quantitative estimate of drug-likeness (QED) is 0.619. The number of methoxy groups -OCH3 is 1. The van der Waals surface area contributed by atoms with Crippen molar-refractivity contribution in [3.63, 3.8) is 0 Å². The fourth-order valence-corrected chi connectivity index (χ4v) is 4.85. The van der Waals surface area contributed by atoms with Crippen molar-refractivity contribution in [1.82, 2.24) is 9.58 Å². The summed E-state index contributed by atoms with van der Waals surface area (Å²) < 4.78 is 33.8. The minimum atomic E-state index is -0.937. The minimum absolute atomic E-state index is 0.0412. The van der Waals surface area contributed by atoms with E-state index in [4.69, 9.17) is 4.74 Å². The summed E-state index contributed by atoms with van der Waals surface area (Å²) in [6.07, 6.45) is 2.15. The van der Waals surface area contributed by atoms with E-state index < -0.39 is 34.5 Å². The molecule has 2 aliphatic heterocycles. The summed E-state index contributed by atoms with van der Waals surface area (Å²) in [7, 11) is 1.63. The number of ketones is 1. The van der Waals surface area contributed by atoms with Crippen LogP contribution < -0.4 is 10.4 Å². The zero-order valence-electron chi connectivity index (χ0n) is 19.1. The number of fused-ring (bicyclic) bond motifs is 3. The smallest absolute Gasteiger partial charge is 0.278 e. The summed E-state index contributed by atoms with van der Waals surface area (Å²) >= 11 is 0. The molecule has 0 radical (unpaired) electrons. The molecule has 2 aliphatic rings. The Labute approximate surface area is 195 Å². The Morgan fingerprint density at radius 2 is 2.03 bits per heavy atom. The van der Waals surface area contributed by atoms with E-state index in [0.29, 0.717) is 26.1 Å². The van der Waals surface area contributed by atoms with Gasteiger partial charge in [-0.1, -0.05) is 6.07 Å². The molecule has 0 spiro atoms. The number of Topliss-reactive ketones (excluding diaryl/α,β-unsaturated/α-hetero) is 1. The second-order valence-corrected chi connectivity index (χ2v) is 8.65. The van der Waals surface area contributed by atoms with Crippen LogP contribution in [0, 0.1) is 17.6 Å². The normalized spacial score (nSPS) is 19.7. The molecule has 34 heavy (non-hydrogen) atoms. The van der Waals surface area contributed by atoms with Gasteiger partial charge in [0.1, 0.15) is 17.8 Å². The van der Waals surface area contributed by atoms with Crippen molar-refractivity contribution in [1.29, 1.82) is 0 Å². The van der Waals surface area contributed by atoms with Crippen LogP contribution in [0.5, 0.6) is 5.75 Å². The number of carbonyl (C=O) groups excluding carboxylic acids is 2. The van der Waals surface area contributed by atoms with Gasteiger partial charge in [-0.15, -0.1) is 0 Å². The number of aromatic hydroxyl groups is 1. The van der Waals surface area contributed by atoms with Gasteiger partial charge in [0.05, 0.1) is 5.56 Å². The number of aryl methyl sites for hydroxylation is 1. The van der Waals surface area contributed by atoms with Gasteiger partial charge in [0.15, 0.2) is 17.2 Å². The van der Waals surface area contributed by atoms with E-state index in [-0.39, 0.29) is 41.7 Å². The molecule has 4 rings (SSSR count). The average Bonchev–Trinajstić information content (AvgIpc) is 2.80. The largest absolute Gasteiger partial charge is 0.502 e. The van der Waals surface area contributed by atoms with Crippen molar-refractivity contribution >= 4 is 11.7 Å². The molecular weight excluding hydrogens is 448 g/mol. The highest BCUT2D eigenvalue weighted by atomic mass is 19.1. The third-order valence-electron chi connectivity index (χ3n) is 6.60. The molecule has 0 unspecified atom stereocenters. The summed E-state index contributed by atoms with van der Waals surface area (Å²) in [4.78, 5) is 40.5. The third kappa shape index (κ3) is 4.18. The fraction of sp³-hybridized carbons (Fsp3) is 0.458. The predicted octanol–water partition coefficient (Wildman–Crippen LogP) is 2.44. The Morgan fingerprint density at radius 3 is 2.71 bits per heavy atom. The summed E-state index contributed by atoms with van der Waals surface area (Å²) in [5.74, 6) is -3.11. The maximum atomic E-state index is 13.9. The van der Waals surface area contributed by atoms with Gasteiger partial charge in [-0.05, 0) is 43.7 Å². The number of hydrogen-bond donors (Lipinski definition) is 1. The number of carbonyl (C=O) groups is 2. The zero-order chi connectivity index (χ0) is 24.6. The first-order valence-corrected chi connectivity index (χ1v) is 11.3. The first-order valence-electron chi connectivity index (χ1n) is 11.3. The van der Waals surface area contributed by atoms with Crippen LogP contribution in [-0.4, -0.2) is 59.3 Å². The lowest BCUT2D eigenvalue weighted by atomic mass is 9.94. The van der Waals surface area contributed by atoms with Crippen molar-refractivity contribution < 1.29 is 28.2 Å². The number of nitrogens with zero attached hydrogens (tertiary/aromatic N) is 3. The molecule has 1 aromatic carbocycles. The number of hydrogen-bond acceptors (Lipinski definition) is 6. The Hall–Kier alpha value is -3.27. The molecule has 1 amide bonds. The average molecular weight is 475 g/mol. The van der Waals surface area contributed by atoms with Crippen molar-refractivity contribution in [3.8, 4) is 5.75 Å². The molecule has 0 saturated carbocycles. The highest BCUT2D eigenvalue weighted by molar-refractivity contribution is 6.00. The van der Waals surface area contributed by atoms with Crippen LogP contribution >= 0.6 is 0 Å². The van der Waals surface area contributed by atoms with E-state index in [1.807, 2.05) is 11.9 Å². The molecule has 1 saturated heterocycles. The summed E-state index contributed by atoms with van der Waals surface area (Å²) in [6, 6.07) is 3.08. The van der Waals surface area contributed by atoms with E-state index in [2.05, 4.69) is 0 Å². The van der Waals surface area contributed by atoms with Crippen LogP contribution in [0.25, 0.3) is 0 Å². The number of ether oxygens (including phenoxy) is 1. The van der Waals surface area contributed by atoms with Crippen LogP contribution in [0.15, 0.2) is 29.2 Å². The Bertz CT molecular complexity index is 1180. The highest BCUT2D eigenvalue weighted by Gasteiger charge is 2.42. The van der Waals surface area contributed by atoms with Crippen molar-refractivity contribution in [2.45, 2.75) is 38.8 Å². The highest BCUT2D eigenvalue weighted by Crippen LogP contribution is 2.32. The fourth-order valence-electron chi connectivity index (χ4n) is 4.85. The van der Waals surface area contributed by atoms with Gasteiger partial charge in [-0.3, -0.25) is 24.1 Å². The second-order valence-electron chi connectivity index (χ2n) is 8.65. The summed E-state index contributed by atoms with van der Waals surface area (Å²) in [5, 5.41) is 12.5. The first-order chi connectivity index (χ1) is 16.3. The number of halogens is 2. The lowest BCUT2D eigenvalue weighted by Crippen LogP contribution is -2.64. The van der Waals surface area contributed by atoms with E-state index in [0.717, 1.165) is 18.6 Å². The Morgan fingerprint density at radius 1 is 1.26 bits per heavy atom. The maximum Gasteiger partial charge on any atom is 0.278 e. The molecule has 1 fully saturated rings. The summed E-state index contributed by atoms with van der Waals surface area (Å²) in [6.45, 7) is 3.30. The topological polar surface area (TPSA) is 92.1 Å². The number of aromatic nitrogens is 1. The molecule has 8 nitrogen and oxygen atoms in total. The van der Waals surface area contributed by atoms with Gasteiger partial charge >= 0.3 is 0 Å². The van der Waals surface area contributed by atoms with Crippen molar-refractivity contribution in [2.75, 3.05) is 31.8 Å². The zero-order valence-corrected chi connectivity index (χ0v) is 19.1. The summed E-state index contributed by atoms with van der Waals surface area (Å²) in [5.41, 5.74) is -1.24. The molecular formula is C24H27F2N3O5. The lowest BCUT2D eigenvalue weighted by Gasteiger charge is -2.50. The minimum Gasteiger partial charge on any atom is -0.502 e. The van der Waals surface area contributed by atoms with Crippen LogP contribution in [0.1, 0.15) is 52.6 Å². The van der Waals surface area contributed by atoms with Crippen LogP contribution in [0.2, 0.25) is 0 Å². The van der Waals surface area contributed by atoms with E-state index in [1.54, 1.807) is 12.0 Å². The number of piperidine rings is 1. The maximum absolute atomic E-state index is 13.9. The first kappa shape index (κ1) is 23.9. The SMILES string of the molecule is CCN1C(=O)c2c(O)c(=O)c(C(=O)CCc3ccc(F)cc3F)cn2N2CC[C@H](COC)C[C@@H]12. The molecule has 1 N–H and O–H groups in total. The van der Waals surface area contributed by atoms with Gasteiger partial charge in [-0.25, -0.2) is 8.78 Å². The van der Waals surface area contributed by atoms with Gasteiger partial charge in [0.25, 0.3) is 5.91 Å². The van der Waals surface area contributed by atoms with Crippen LogP contribution in [-0.2, 0) is 11.2 Å². The van der Waals surface area contributed by atoms with Gasteiger partial charge < -0.3 is 14.7 Å².